The minimum absolute atomic E-state index is 0.0762. The number of benzene rings is 1. The van der Waals surface area contributed by atoms with Crippen molar-refractivity contribution in [2.24, 2.45) is 0 Å². The van der Waals surface area contributed by atoms with E-state index in [9.17, 15) is 17.6 Å². The lowest BCUT2D eigenvalue weighted by molar-refractivity contribution is 0.0947. The third-order valence-corrected chi connectivity index (χ3v) is 8.29. The van der Waals surface area contributed by atoms with Gasteiger partial charge in [-0.15, -0.1) is 11.8 Å². The first-order valence-electron chi connectivity index (χ1n) is 11.2. The van der Waals surface area contributed by atoms with E-state index in [1.165, 1.54) is 23.5 Å². The molecule has 34 heavy (non-hydrogen) atoms. The number of unbranched alkanes of at least 4 members (excludes halogenated alkanes) is 1. The van der Waals surface area contributed by atoms with Crippen molar-refractivity contribution in [2.75, 3.05) is 31.0 Å². The van der Waals surface area contributed by atoms with E-state index in [4.69, 9.17) is 4.74 Å². The molecule has 1 aromatic heterocycles. The number of nitrogens with one attached hydrogen (secondary N) is 1. The molecule has 2 aliphatic rings. The third-order valence-electron chi connectivity index (χ3n) is 5.80. The standard InChI is InChI=1S/C22H28FN5O4S2/c1-3-4-11-32-22(29)27-9-7-15(8-10-27)33-21-17-13-26-28(20(17)24-14-25-21)19-6-5-16(12-18(19)23)34(2,30)31/h5-6,12,14-15,26H,3-4,7-11,13H2,1-2H3. The molecule has 184 valence electrons. The largest absolute Gasteiger partial charge is 0.449 e. The van der Waals surface area contributed by atoms with E-state index in [1.54, 1.807) is 16.7 Å². The number of carbonyl (C=O) groups is 1. The Morgan fingerprint density at radius 3 is 2.74 bits per heavy atom. The number of likely N-dealkylation sites (tertiary alicyclic amines) is 1. The number of anilines is 2. The second-order valence-electron chi connectivity index (χ2n) is 8.31. The van der Waals surface area contributed by atoms with Gasteiger partial charge in [0.2, 0.25) is 0 Å². The summed E-state index contributed by atoms with van der Waals surface area (Å²) in [5.74, 6) is -0.116. The molecule has 12 heteroatoms. The maximum Gasteiger partial charge on any atom is 0.409 e. The number of aromatic nitrogens is 2. The van der Waals surface area contributed by atoms with Gasteiger partial charge in [0.25, 0.3) is 0 Å². The van der Waals surface area contributed by atoms with Gasteiger partial charge in [-0.3, -0.25) is 5.01 Å². The van der Waals surface area contributed by atoms with Crippen LogP contribution < -0.4 is 10.4 Å². The summed E-state index contributed by atoms with van der Waals surface area (Å²) in [6.45, 7) is 4.21. The van der Waals surface area contributed by atoms with Crippen LogP contribution in [0.4, 0.5) is 20.7 Å². The van der Waals surface area contributed by atoms with Crippen molar-refractivity contribution >= 4 is 39.2 Å². The van der Waals surface area contributed by atoms with Gasteiger partial charge in [-0.2, -0.15) is 0 Å². The summed E-state index contributed by atoms with van der Waals surface area (Å²) >= 11 is 1.64. The average Bonchev–Trinajstić information content (AvgIpc) is 3.24. The summed E-state index contributed by atoms with van der Waals surface area (Å²) in [4.78, 5) is 22.6. The van der Waals surface area contributed by atoms with Crippen LogP contribution in [0.2, 0.25) is 0 Å². The van der Waals surface area contributed by atoms with Gasteiger partial charge in [0, 0.05) is 36.7 Å². The van der Waals surface area contributed by atoms with Crippen molar-refractivity contribution in [1.82, 2.24) is 20.3 Å². The Morgan fingerprint density at radius 1 is 1.29 bits per heavy atom. The lowest BCUT2D eigenvalue weighted by atomic mass is 10.1. The van der Waals surface area contributed by atoms with Crippen molar-refractivity contribution in [3.05, 3.63) is 35.9 Å². The molecule has 1 N–H and O–H groups in total. The molecule has 1 fully saturated rings. The molecule has 0 bridgehead atoms. The number of hydrazine groups is 1. The van der Waals surface area contributed by atoms with Crippen LogP contribution in [0.5, 0.6) is 0 Å². The zero-order valence-electron chi connectivity index (χ0n) is 19.2. The summed E-state index contributed by atoms with van der Waals surface area (Å²) in [6, 6.07) is 3.82. The number of carbonyl (C=O) groups excluding carboxylic acids is 1. The molecule has 0 radical (unpaired) electrons. The smallest absolute Gasteiger partial charge is 0.409 e. The molecule has 3 heterocycles. The lowest BCUT2D eigenvalue weighted by Crippen LogP contribution is -2.39. The van der Waals surface area contributed by atoms with Crippen molar-refractivity contribution in [1.29, 1.82) is 0 Å². The van der Waals surface area contributed by atoms with Crippen LogP contribution in [0.1, 0.15) is 38.2 Å². The monoisotopic (exact) mass is 509 g/mol. The summed E-state index contributed by atoms with van der Waals surface area (Å²) in [5.41, 5.74) is 4.17. The van der Waals surface area contributed by atoms with Gasteiger partial charge < -0.3 is 9.64 Å². The summed E-state index contributed by atoms with van der Waals surface area (Å²) in [7, 11) is -3.51. The summed E-state index contributed by atoms with van der Waals surface area (Å²) in [6.07, 6.45) is 5.75. The van der Waals surface area contributed by atoms with Gasteiger partial charge in [0.1, 0.15) is 17.2 Å². The van der Waals surface area contributed by atoms with E-state index in [0.717, 1.165) is 48.6 Å². The predicted octanol–water partition coefficient (Wildman–Crippen LogP) is 3.67. The minimum atomic E-state index is -3.51. The van der Waals surface area contributed by atoms with E-state index < -0.39 is 15.7 Å². The van der Waals surface area contributed by atoms with Crippen LogP contribution in [0.25, 0.3) is 0 Å². The maximum absolute atomic E-state index is 14.8. The number of sulfone groups is 1. The van der Waals surface area contributed by atoms with E-state index in [-0.39, 0.29) is 16.7 Å². The van der Waals surface area contributed by atoms with Crippen LogP contribution in [0.15, 0.2) is 34.4 Å². The quantitative estimate of drug-likeness (QED) is 0.442. The zero-order chi connectivity index (χ0) is 24.3. The number of amides is 1. The number of halogens is 1. The van der Waals surface area contributed by atoms with E-state index in [0.29, 0.717) is 37.3 Å². The number of fused-ring (bicyclic) bond motifs is 1. The van der Waals surface area contributed by atoms with Crippen LogP contribution >= 0.6 is 11.8 Å². The Kier molecular flexibility index (Phi) is 7.58. The number of piperidine rings is 1. The van der Waals surface area contributed by atoms with E-state index in [2.05, 4.69) is 22.3 Å². The summed E-state index contributed by atoms with van der Waals surface area (Å²) in [5, 5.41) is 2.63. The Balaban J connectivity index is 1.42. The topological polar surface area (TPSA) is 105 Å². The lowest BCUT2D eigenvalue weighted by Gasteiger charge is -2.31. The van der Waals surface area contributed by atoms with Crippen LogP contribution in [-0.2, 0) is 21.1 Å². The fraction of sp³-hybridized carbons (Fsp3) is 0.500. The first-order chi connectivity index (χ1) is 16.3. The molecule has 1 aromatic carbocycles. The highest BCUT2D eigenvalue weighted by molar-refractivity contribution is 7.99. The van der Waals surface area contributed by atoms with Gasteiger partial charge in [-0.25, -0.2) is 33.0 Å². The number of nitrogens with zero attached hydrogens (tertiary/aromatic N) is 4. The molecule has 0 unspecified atom stereocenters. The summed E-state index contributed by atoms with van der Waals surface area (Å²) < 4.78 is 43.5. The molecule has 1 amide bonds. The number of rotatable bonds is 7. The Morgan fingerprint density at radius 2 is 2.06 bits per heavy atom. The number of thioether (sulfide) groups is 1. The first kappa shape index (κ1) is 24.7. The molecule has 1 saturated heterocycles. The Bertz CT molecular complexity index is 1160. The van der Waals surface area contributed by atoms with E-state index in [1.807, 2.05) is 0 Å². The zero-order valence-corrected chi connectivity index (χ0v) is 20.8. The second-order valence-corrected chi connectivity index (χ2v) is 11.6. The Hall–Kier alpha value is -2.44. The number of hydrogen-bond donors (Lipinski definition) is 1. The fourth-order valence-corrected chi connectivity index (χ4v) is 5.69. The van der Waals surface area contributed by atoms with Crippen LogP contribution in [0.3, 0.4) is 0 Å². The van der Waals surface area contributed by atoms with Crippen molar-refractivity contribution in [3.63, 3.8) is 0 Å². The minimum Gasteiger partial charge on any atom is -0.449 e. The highest BCUT2D eigenvalue weighted by Crippen LogP contribution is 2.39. The molecule has 0 aliphatic carbocycles. The molecule has 9 nitrogen and oxygen atoms in total. The third kappa shape index (κ3) is 5.44. The first-order valence-corrected chi connectivity index (χ1v) is 14.0. The average molecular weight is 510 g/mol. The number of ether oxygens (including phenoxy) is 1. The molecular formula is C22H28FN5O4S2. The molecule has 0 atom stereocenters. The molecule has 2 aromatic rings. The van der Waals surface area contributed by atoms with Crippen molar-refractivity contribution in [3.8, 4) is 0 Å². The normalized spacial score (nSPS) is 16.6. The molecule has 0 spiro atoms. The van der Waals surface area contributed by atoms with Crippen LogP contribution in [0, 0.1) is 5.82 Å². The van der Waals surface area contributed by atoms with Gasteiger partial charge in [-0.1, -0.05) is 13.3 Å². The van der Waals surface area contributed by atoms with Gasteiger partial charge >= 0.3 is 6.09 Å². The number of hydrogen-bond acceptors (Lipinski definition) is 9. The van der Waals surface area contributed by atoms with Crippen LogP contribution in [-0.4, -0.2) is 60.6 Å². The van der Waals surface area contributed by atoms with E-state index >= 15 is 0 Å². The van der Waals surface area contributed by atoms with Gasteiger partial charge in [-0.05, 0) is 37.5 Å². The predicted molar refractivity (Wildman–Crippen MR) is 127 cm³/mol. The van der Waals surface area contributed by atoms with Gasteiger partial charge in [0.15, 0.2) is 15.7 Å². The fourth-order valence-electron chi connectivity index (χ4n) is 3.88. The highest BCUT2D eigenvalue weighted by atomic mass is 32.2. The maximum atomic E-state index is 14.8. The second kappa shape index (κ2) is 10.4. The molecule has 4 rings (SSSR count). The molecule has 2 aliphatic heterocycles. The van der Waals surface area contributed by atoms with Gasteiger partial charge in [0.05, 0.1) is 17.2 Å². The SMILES string of the molecule is CCCCOC(=O)N1CCC(Sc2ncnc3c2CNN3c2ccc(S(C)(=O)=O)cc2F)CC1. The molecular weight excluding hydrogens is 481 g/mol. The van der Waals surface area contributed by atoms with Crippen molar-refractivity contribution in [2.45, 2.75) is 54.3 Å². The molecule has 0 saturated carbocycles. The van der Waals surface area contributed by atoms with Crippen molar-refractivity contribution < 1.29 is 22.3 Å². The Labute approximate surface area is 203 Å². The highest BCUT2D eigenvalue weighted by Gasteiger charge is 2.30.